The van der Waals surface area contributed by atoms with Gasteiger partial charge in [-0.1, -0.05) is 38.5 Å². The van der Waals surface area contributed by atoms with Crippen LogP contribution in [-0.2, 0) is 14.3 Å². The maximum Gasteiger partial charge on any atom is 0.408 e. The lowest BCUT2D eigenvalue weighted by Gasteiger charge is -2.35. The first-order chi connectivity index (χ1) is 18.3. The van der Waals surface area contributed by atoms with E-state index < -0.39 is 35.6 Å². The molecule has 2 rings (SSSR count). The van der Waals surface area contributed by atoms with E-state index in [2.05, 4.69) is 10.6 Å². The van der Waals surface area contributed by atoms with E-state index >= 15 is 0 Å². The molecule has 0 heterocycles. The van der Waals surface area contributed by atoms with Crippen molar-refractivity contribution in [1.82, 2.24) is 10.2 Å². The van der Waals surface area contributed by atoms with Gasteiger partial charge in [0.2, 0.25) is 5.91 Å². The minimum Gasteiger partial charge on any atom is -0.497 e. The first kappa shape index (κ1) is 31.2. The van der Waals surface area contributed by atoms with Crippen LogP contribution in [0.4, 0.5) is 10.5 Å². The molecule has 0 bridgehead atoms. The van der Waals surface area contributed by atoms with E-state index in [1.54, 1.807) is 52.1 Å². The molecule has 9 heteroatoms. The van der Waals surface area contributed by atoms with Crippen LogP contribution in [0.5, 0.6) is 5.75 Å². The van der Waals surface area contributed by atoms with Gasteiger partial charge in [0.25, 0.3) is 5.91 Å². The van der Waals surface area contributed by atoms with Crippen molar-refractivity contribution in [1.29, 1.82) is 5.26 Å². The van der Waals surface area contributed by atoms with Gasteiger partial charge in [0.1, 0.15) is 30.0 Å². The maximum absolute atomic E-state index is 14.1. The predicted octanol–water partition coefficient (Wildman–Crippen LogP) is 5.28. The first-order valence-corrected chi connectivity index (χ1v) is 13.0. The molecule has 39 heavy (non-hydrogen) atoms. The Bertz CT molecular complexity index is 1180. The summed E-state index contributed by atoms with van der Waals surface area (Å²) >= 11 is 0. The van der Waals surface area contributed by atoms with Gasteiger partial charge in [-0.15, -0.1) is 0 Å². The summed E-state index contributed by atoms with van der Waals surface area (Å²) in [6.45, 7) is 12.3. The number of alkyl carbamates (subject to hydrolysis) is 1. The highest BCUT2D eigenvalue weighted by atomic mass is 16.6. The largest absolute Gasteiger partial charge is 0.497 e. The number of amides is 3. The molecular weight excluding hydrogens is 496 g/mol. The number of rotatable bonds is 10. The van der Waals surface area contributed by atoms with Crippen LogP contribution >= 0.6 is 0 Å². The van der Waals surface area contributed by atoms with E-state index in [9.17, 15) is 19.6 Å². The summed E-state index contributed by atoms with van der Waals surface area (Å²) in [5.41, 5.74) is 1.94. The summed E-state index contributed by atoms with van der Waals surface area (Å²) in [4.78, 5) is 42.0. The van der Waals surface area contributed by atoms with Crippen LogP contribution in [0.2, 0.25) is 0 Å². The van der Waals surface area contributed by atoms with Gasteiger partial charge in [0.05, 0.1) is 13.2 Å². The van der Waals surface area contributed by atoms with E-state index in [4.69, 9.17) is 9.47 Å². The fourth-order valence-electron chi connectivity index (χ4n) is 4.24. The van der Waals surface area contributed by atoms with Gasteiger partial charge in [-0.3, -0.25) is 9.59 Å². The smallest absolute Gasteiger partial charge is 0.408 e. The van der Waals surface area contributed by atoms with Crippen molar-refractivity contribution in [3.63, 3.8) is 0 Å². The summed E-state index contributed by atoms with van der Waals surface area (Å²) in [6.07, 6.45) is -0.178. The molecule has 3 amide bonds. The molecule has 3 unspecified atom stereocenters. The summed E-state index contributed by atoms with van der Waals surface area (Å²) < 4.78 is 10.6. The number of benzene rings is 2. The van der Waals surface area contributed by atoms with Crippen molar-refractivity contribution in [3.05, 3.63) is 59.2 Å². The summed E-state index contributed by atoms with van der Waals surface area (Å²) in [6, 6.07) is 12.3. The van der Waals surface area contributed by atoms with Gasteiger partial charge >= 0.3 is 6.09 Å². The average molecular weight is 537 g/mol. The van der Waals surface area contributed by atoms with Crippen molar-refractivity contribution in [2.45, 2.75) is 72.6 Å². The van der Waals surface area contributed by atoms with Crippen molar-refractivity contribution in [2.24, 2.45) is 5.92 Å². The number of carbonyl (C=O) groups is 3. The van der Waals surface area contributed by atoms with E-state index in [0.717, 1.165) is 11.1 Å². The van der Waals surface area contributed by atoms with Gasteiger partial charge in [-0.05, 0) is 81.5 Å². The number of nitriles is 1. The highest BCUT2D eigenvalue weighted by Crippen LogP contribution is 2.30. The summed E-state index contributed by atoms with van der Waals surface area (Å²) in [5.74, 6) is -0.699. The molecule has 0 saturated heterocycles. The molecule has 3 atom stereocenters. The predicted molar refractivity (Wildman–Crippen MR) is 150 cm³/mol. The molecule has 2 aromatic rings. The second kappa shape index (κ2) is 13.7. The molecule has 0 aromatic heterocycles. The zero-order chi connectivity index (χ0) is 29.3. The Morgan fingerprint density at radius 2 is 1.64 bits per heavy atom. The Balaban J connectivity index is 2.58. The number of nitrogens with one attached hydrogen (secondary N) is 2. The van der Waals surface area contributed by atoms with E-state index in [-0.39, 0.29) is 12.5 Å². The molecule has 0 spiro atoms. The van der Waals surface area contributed by atoms with Crippen LogP contribution in [0.25, 0.3) is 0 Å². The SMILES string of the molecule is CCC(C)C(NC(=O)OC(C)(C)C)C(=O)N(CC#N)C(C(=O)Nc1ccc(OC)cc1)c1c(C)cccc1C. The molecule has 0 aliphatic rings. The fraction of sp³-hybridized carbons (Fsp3) is 0.467. The Hall–Kier alpha value is -4.06. The minimum atomic E-state index is -1.13. The fourth-order valence-corrected chi connectivity index (χ4v) is 4.24. The van der Waals surface area contributed by atoms with Crippen molar-refractivity contribution < 1.29 is 23.9 Å². The van der Waals surface area contributed by atoms with Crippen molar-refractivity contribution in [2.75, 3.05) is 19.0 Å². The number of hydrogen-bond donors (Lipinski definition) is 2. The number of ether oxygens (including phenoxy) is 2. The Kier molecular flexibility index (Phi) is 10.9. The van der Waals surface area contributed by atoms with E-state index in [1.165, 1.54) is 4.90 Å². The molecular formula is C30H40N4O5. The van der Waals surface area contributed by atoms with Crippen LogP contribution in [0.1, 0.15) is 63.8 Å². The quantitative estimate of drug-likeness (QED) is 0.399. The third-order valence-electron chi connectivity index (χ3n) is 6.41. The zero-order valence-corrected chi connectivity index (χ0v) is 24.1. The maximum atomic E-state index is 14.1. The number of anilines is 1. The third kappa shape index (κ3) is 8.47. The van der Waals surface area contributed by atoms with E-state index in [1.807, 2.05) is 52.0 Å². The van der Waals surface area contributed by atoms with Gasteiger partial charge in [0, 0.05) is 5.69 Å². The third-order valence-corrected chi connectivity index (χ3v) is 6.41. The molecule has 0 fully saturated rings. The number of carbonyl (C=O) groups excluding carboxylic acids is 3. The number of methoxy groups -OCH3 is 1. The Labute approximate surface area is 231 Å². The Morgan fingerprint density at radius 3 is 2.13 bits per heavy atom. The van der Waals surface area contributed by atoms with Crippen LogP contribution in [0.15, 0.2) is 42.5 Å². The molecule has 2 aromatic carbocycles. The lowest BCUT2D eigenvalue weighted by atomic mass is 9.92. The van der Waals surface area contributed by atoms with Crippen LogP contribution in [0.3, 0.4) is 0 Å². The van der Waals surface area contributed by atoms with Crippen molar-refractivity contribution >= 4 is 23.6 Å². The lowest BCUT2D eigenvalue weighted by molar-refractivity contribution is -0.141. The normalized spacial score (nSPS) is 13.3. The average Bonchev–Trinajstić information content (AvgIpc) is 2.87. The molecule has 0 radical (unpaired) electrons. The summed E-state index contributed by atoms with van der Waals surface area (Å²) in [5, 5.41) is 15.3. The molecule has 0 aliphatic carbocycles. The minimum absolute atomic E-state index is 0.297. The van der Waals surface area contributed by atoms with Gasteiger partial charge in [-0.2, -0.15) is 5.26 Å². The standard InChI is InChI=1S/C30H40N4O5/c1-9-19(2)25(33-29(37)39-30(5,6)7)28(36)34(18-17-31)26(24-20(3)11-10-12-21(24)4)27(35)32-22-13-15-23(38-8)16-14-22/h10-16,19,25-26H,9,18H2,1-8H3,(H,32,35)(H,33,37). The number of aryl methyl sites for hydroxylation is 2. The van der Waals surface area contributed by atoms with Gasteiger partial charge < -0.3 is 25.0 Å². The molecule has 9 nitrogen and oxygen atoms in total. The van der Waals surface area contributed by atoms with Crippen LogP contribution < -0.4 is 15.4 Å². The molecule has 210 valence electrons. The highest BCUT2D eigenvalue weighted by molar-refractivity contribution is 5.99. The Morgan fingerprint density at radius 1 is 1.05 bits per heavy atom. The van der Waals surface area contributed by atoms with Crippen LogP contribution in [-0.4, -0.2) is 48.1 Å². The second-order valence-electron chi connectivity index (χ2n) is 10.6. The topological polar surface area (TPSA) is 121 Å². The highest BCUT2D eigenvalue weighted by Gasteiger charge is 2.39. The molecule has 2 N–H and O–H groups in total. The van der Waals surface area contributed by atoms with E-state index in [0.29, 0.717) is 23.4 Å². The van der Waals surface area contributed by atoms with Crippen LogP contribution in [0, 0.1) is 31.1 Å². The zero-order valence-electron chi connectivity index (χ0n) is 24.1. The van der Waals surface area contributed by atoms with Crippen molar-refractivity contribution in [3.8, 4) is 11.8 Å². The van der Waals surface area contributed by atoms with Gasteiger partial charge in [0.15, 0.2) is 0 Å². The number of hydrogen-bond acceptors (Lipinski definition) is 6. The second-order valence-corrected chi connectivity index (χ2v) is 10.6. The first-order valence-electron chi connectivity index (χ1n) is 13.0. The van der Waals surface area contributed by atoms with Gasteiger partial charge in [-0.25, -0.2) is 4.79 Å². The monoisotopic (exact) mass is 536 g/mol. The molecule has 0 aliphatic heterocycles. The number of nitrogens with zero attached hydrogens (tertiary/aromatic N) is 2. The summed E-state index contributed by atoms with van der Waals surface area (Å²) in [7, 11) is 1.55. The molecule has 0 saturated carbocycles. The lowest BCUT2D eigenvalue weighted by Crippen LogP contribution is -2.55.